The van der Waals surface area contributed by atoms with Crippen molar-refractivity contribution in [3.63, 3.8) is 0 Å². The molecule has 26 heavy (non-hydrogen) atoms. The Balaban J connectivity index is 1.66. The van der Waals surface area contributed by atoms with E-state index in [1.54, 1.807) is 48.5 Å². The molecule has 1 aliphatic heterocycles. The first-order valence-electron chi connectivity index (χ1n) is 7.82. The number of benzene rings is 2. The minimum Gasteiger partial charge on any atom is -0.286 e. The molecular formula is C18H12ClN5O2. The predicted molar refractivity (Wildman–Crippen MR) is 95.2 cm³/mol. The first kappa shape index (κ1) is 16.1. The Morgan fingerprint density at radius 3 is 2.54 bits per heavy atom. The average molecular weight is 366 g/mol. The topological polar surface area (TPSA) is 83.9 Å². The van der Waals surface area contributed by atoms with Gasteiger partial charge < -0.3 is 0 Å². The number of nitrogens with zero attached hydrogens (tertiary/aromatic N) is 5. The molecule has 4 rings (SSSR count). The van der Waals surface area contributed by atoms with E-state index in [0.717, 1.165) is 4.57 Å². The second-order valence-electron chi connectivity index (χ2n) is 5.81. The second-order valence-corrected chi connectivity index (χ2v) is 6.24. The van der Waals surface area contributed by atoms with Crippen LogP contribution in [-0.4, -0.2) is 20.4 Å². The van der Waals surface area contributed by atoms with Crippen molar-refractivity contribution in [3.05, 3.63) is 81.0 Å². The fraction of sp³-hybridized carbons (Fsp3) is 0.111. The van der Waals surface area contributed by atoms with Crippen molar-refractivity contribution in [2.45, 2.75) is 13.1 Å². The molecule has 1 aromatic heterocycles. The molecule has 0 unspecified atom stereocenters. The Bertz CT molecular complexity index is 1110. The quantitative estimate of drug-likeness (QED) is 0.714. The molecule has 2 heterocycles. The first-order valence-corrected chi connectivity index (χ1v) is 8.20. The van der Waals surface area contributed by atoms with E-state index in [0.29, 0.717) is 27.7 Å². The summed E-state index contributed by atoms with van der Waals surface area (Å²) in [4.78, 5) is 26.7. The van der Waals surface area contributed by atoms with Gasteiger partial charge in [0.2, 0.25) is 0 Å². The number of carbonyl (C=O) groups excluding carboxylic acids is 1. The average Bonchev–Trinajstić information content (AvgIpc) is 3.13. The highest BCUT2D eigenvalue weighted by Crippen LogP contribution is 2.24. The number of carbonyl (C=O) groups is 1. The normalized spacial score (nSPS) is 12.9. The van der Waals surface area contributed by atoms with E-state index < -0.39 is 11.7 Å². The van der Waals surface area contributed by atoms with Crippen LogP contribution in [0.4, 0.5) is 10.5 Å². The van der Waals surface area contributed by atoms with Gasteiger partial charge in [-0.15, -0.1) is 0 Å². The fourth-order valence-electron chi connectivity index (χ4n) is 2.93. The van der Waals surface area contributed by atoms with E-state index in [9.17, 15) is 14.9 Å². The van der Waals surface area contributed by atoms with E-state index in [4.69, 9.17) is 11.6 Å². The van der Waals surface area contributed by atoms with Gasteiger partial charge in [0.1, 0.15) is 0 Å². The zero-order valence-corrected chi connectivity index (χ0v) is 14.2. The van der Waals surface area contributed by atoms with Crippen LogP contribution in [0.5, 0.6) is 0 Å². The van der Waals surface area contributed by atoms with Gasteiger partial charge in [0.25, 0.3) is 0 Å². The lowest BCUT2D eigenvalue weighted by Gasteiger charge is -2.14. The maximum Gasteiger partial charge on any atom is 0.354 e. The summed E-state index contributed by atoms with van der Waals surface area (Å²) in [5.41, 5.74) is 1.28. The largest absolute Gasteiger partial charge is 0.354 e. The number of anilines is 1. The van der Waals surface area contributed by atoms with Crippen molar-refractivity contribution < 1.29 is 4.79 Å². The molecule has 1 amide bonds. The van der Waals surface area contributed by atoms with Gasteiger partial charge >= 0.3 is 11.7 Å². The van der Waals surface area contributed by atoms with Crippen LogP contribution in [0.25, 0.3) is 0 Å². The van der Waals surface area contributed by atoms with Crippen LogP contribution in [0.2, 0.25) is 5.02 Å². The standard InChI is InChI=1S/C18H12ClN5O2/c19-14-5-7-15(8-6-14)22-11-16-21-23(18(26)24(16)17(22)25)10-13-4-2-1-3-12(13)9-20/h1-8H,10-11H2. The van der Waals surface area contributed by atoms with Crippen LogP contribution in [0.15, 0.2) is 53.3 Å². The Labute approximate surface area is 153 Å². The van der Waals surface area contributed by atoms with Crippen molar-refractivity contribution >= 4 is 23.3 Å². The van der Waals surface area contributed by atoms with Crippen molar-refractivity contribution in [3.8, 4) is 6.07 Å². The molecule has 0 aliphatic carbocycles. The molecule has 0 spiro atoms. The SMILES string of the molecule is N#Cc1ccccc1Cn1nc2n(c1=O)C(=O)N(c1ccc(Cl)cc1)C2. The lowest BCUT2D eigenvalue weighted by molar-refractivity contribution is 0.250. The maximum atomic E-state index is 12.6. The molecule has 0 fully saturated rings. The van der Waals surface area contributed by atoms with Gasteiger partial charge in [0.15, 0.2) is 5.82 Å². The van der Waals surface area contributed by atoms with Crippen LogP contribution in [0.1, 0.15) is 17.0 Å². The zero-order valence-electron chi connectivity index (χ0n) is 13.5. The van der Waals surface area contributed by atoms with Gasteiger partial charge in [-0.2, -0.15) is 14.9 Å². The number of hydrogen-bond donors (Lipinski definition) is 0. The summed E-state index contributed by atoms with van der Waals surface area (Å²) in [7, 11) is 0. The Kier molecular flexibility index (Phi) is 3.82. The second kappa shape index (κ2) is 6.17. The van der Waals surface area contributed by atoms with Crippen LogP contribution < -0.4 is 10.6 Å². The summed E-state index contributed by atoms with van der Waals surface area (Å²) in [6.07, 6.45) is 0. The van der Waals surface area contributed by atoms with Crippen molar-refractivity contribution in [2.75, 3.05) is 4.90 Å². The third-order valence-electron chi connectivity index (χ3n) is 4.22. The predicted octanol–water partition coefficient (Wildman–Crippen LogP) is 2.61. The molecule has 0 atom stereocenters. The molecule has 7 nitrogen and oxygen atoms in total. The molecule has 3 aromatic rings. The molecule has 0 saturated carbocycles. The minimum atomic E-state index is -0.519. The lowest BCUT2D eigenvalue weighted by atomic mass is 10.1. The van der Waals surface area contributed by atoms with E-state index in [1.165, 1.54) is 9.58 Å². The molecule has 0 bridgehead atoms. The van der Waals surface area contributed by atoms with Gasteiger partial charge in [-0.25, -0.2) is 14.3 Å². The maximum absolute atomic E-state index is 12.6. The third kappa shape index (κ3) is 2.57. The number of rotatable bonds is 3. The first-order chi connectivity index (χ1) is 12.6. The molecule has 0 N–H and O–H groups in total. The van der Waals surface area contributed by atoms with E-state index in [-0.39, 0.29) is 13.1 Å². The highest BCUT2D eigenvalue weighted by Gasteiger charge is 2.33. The smallest absolute Gasteiger partial charge is 0.286 e. The van der Waals surface area contributed by atoms with E-state index in [1.807, 2.05) is 0 Å². The number of nitriles is 1. The monoisotopic (exact) mass is 365 g/mol. The van der Waals surface area contributed by atoms with Gasteiger partial charge in [-0.1, -0.05) is 29.8 Å². The molecule has 8 heteroatoms. The summed E-state index contributed by atoms with van der Waals surface area (Å²) in [5.74, 6) is 0.365. The molecule has 2 aromatic carbocycles. The van der Waals surface area contributed by atoms with Crippen LogP contribution >= 0.6 is 11.6 Å². The highest BCUT2D eigenvalue weighted by molar-refractivity contribution is 6.30. The number of hydrogen-bond acceptors (Lipinski definition) is 4. The van der Waals surface area contributed by atoms with Gasteiger partial charge in [-0.05, 0) is 35.9 Å². The number of amides is 1. The number of fused-ring (bicyclic) bond motifs is 1. The summed E-state index contributed by atoms with van der Waals surface area (Å²) in [6, 6.07) is 15.4. The Morgan fingerprint density at radius 1 is 1.12 bits per heavy atom. The van der Waals surface area contributed by atoms with Gasteiger partial charge in [0, 0.05) is 10.7 Å². The fourth-order valence-corrected chi connectivity index (χ4v) is 3.06. The van der Waals surface area contributed by atoms with Crippen LogP contribution in [0.3, 0.4) is 0 Å². The Hall–Kier alpha value is -3.37. The third-order valence-corrected chi connectivity index (χ3v) is 4.48. The van der Waals surface area contributed by atoms with Crippen molar-refractivity contribution in [1.82, 2.24) is 14.3 Å². The summed E-state index contributed by atoms with van der Waals surface area (Å²) in [6.45, 7) is 0.333. The summed E-state index contributed by atoms with van der Waals surface area (Å²) >= 11 is 5.87. The minimum absolute atomic E-state index is 0.136. The van der Waals surface area contributed by atoms with Crippen molar-refractivity contribution in [2.24, 2.45) is 0 Å². The summed E-state index contributed by atoms with van der Waals surface area (Å²) in [5, 5.41) is 14.0. The molecule has 0 radical (unpaired) electrons. The molecule has 0 saturated heterocycles. The zero-order chi connectivity index (χ0) is 18.3. The Morgan fingerprint density at radius 2 is 1.85 bits per heavy atom. The summed E-state index contributed by atoms with van der Waals surface area (Å²) < 4.78 is 2.27. The van der Waals surface area contributed by atoms with Crippen LogP contribution in [0, 0.1) is 11.3 Å². The molecular weight excluding hydrogens is 354 g/mol. The van der Waals surface area contributed by atoms with E-state index in [2.05, 4.69) is 11.2 Å². The molecule has 1 aliphatic rings. The van der Waals surface area contributed by atoms with E-state index >= 15 is 0 Å². The number of aromatic nitrogens is 3. The van der Waals surface area contributed by atoms with Gasteiger partial charge in [0.05, 0.1) is 24.7 Å². The molecule has 128 valence electrons. The van der Waals surface area contributed by atoms with Crippen molar-refractivity contribution in [1.29, 1.82) is 5.26 Å². The van der Waals surface area contributed by atoms with Gasteiger partial charge in [-0.3, -0.25) is 4.90 Å². The van der Waals surface area contributed by atoms with Crippen LogP contribution in [-0.2, 0) is 13.1 Å². The highest BCUT2D eigenvalue weighted by atomic mass is 35.5. The number of halogens is 1. The lowest BCUT2D eigenvalue weighted by Crippen LogP contribution is -2.35.